The van der Waals surface area contributed by atoms with Crippen molar-refractivity contribution in [2.75, 3.05) is 13.1 Å². The van der Waals surface area contributed by atoms with Gasteiger partial charge in [0, 0.05) is 19.5 Å². The van der Waals surface area contributed by atoms with E-state index in [1.165, 1.54) is 6.07 Å². The molecule has 0 radical (unpaired) electrons. The molecule has 94 valence electrons. The third kappa shape index (κ3) is 2.42. The highest BCUT2D eigenvalue weighted by Gasteiger charge is 2.38. The van der Waals surface area contributed by atoms with Gasteiger partial charge in [-0.05, 0) is 11.6 Å². The first-order chi connectivity index (χ1) is 7.82. The van der Waals surface area contributed by atoms with E-state index < -0.39 is 23.2 Å². The van der Waals surface area contributed by atoms with Gasteiger partial charge in [-0.15, -0.1) is 0 Å². The molecular weight excluding hydrogens is 238 g/mol. The maximum atomic E-state index is 13.6. The molecule has 1 aliphatic heterocycles. The van der Waals surface area contributed by atoms with Gasteiger partial charge >= 0.3 is 6.18 Å². The number of benzene rings is 1. The van der Waals surface area contributed by atoms with Crippen molar-refractivity contribution < 1.29 is 22.7 Å². The van der Waals surface area contributed by atoms with Gasteiger partial charge in [-0.3, -0.25) is 0 Å². The van der Waals surface area contributed by atoms with Crippen molar-refractivity contribution in [2.24, 2.45) is 0 Å². The van der Waals surface area contributed by atoms with E-state index in [0.29, 0.717) is 6.07 Å². The van der Waals surface area contributed by atoms with E-state index in [1.807, 2.05) is 0 Å². The van der Waals surface area contributed by atoms with Crippen LogP contribution in [0.3, 0.4) is 0 Å². The van der Waals surface area contributed by atoms with Gasteiger partial charge in [0.1, 0.15) is 5.82 Å². The van der Waals surface area contributed by atoms with Gasteiger partial charge in [0.2, 0.25) is 0 Å². The smallest absolute Gasteiger partial charge is 0.387 e. The average molecular weight is 249 g/mol. The summed E-state index contributed by atoms with van der Waals surface area (Å²) >= 11 is 0. The molecule has 0 spiro atoms. The first-order valence-electron chi connectivity index (χ1n) is 5.09. The lowest BCUT2D eigenvalue weighted by Gasteiger charge is -2.37. The number of hydrogen-bond donors (Lipinski definition) is 2. The minimum absolute atomic E-state index is 0.108. The molecule has 0 amide bonds. The summed E-state index contributed by atoms with van der Waals surface area (Å²) in [4.78, 5) is 0. The molecule has 0 aromatic heterocycles. The fraction of sp³-hybridized carbons (Fsp3) is 0.455. The highest BCUT2D eigenvalue weighted by molar-refractivity contribution is 5.29. The van der Waals surface area contributed by atoms with Crippen LogP contribution in [0, 0.1) is 5.82 Å². The summed E-state index contributed by atoms with van der Waals surface area (Å²) in [5.41, 5.74) is -2.53. The van der Waals surface area contributed by atoms with Crippen LogP contribution in [0.2, 0.25) is 0 Å². The second kappa shape index (κ2) is 3.96. The van der Waals surface area contributed by atoms with Crippen LogP contribution in [0.25, 0.3) is 0 Å². The maximum absolute atomic E-state index is 13.6. The van der Waals surface area contributed by atoms with Gasteiger partial charge in [-0.25, -0.2) is 4.39 Å². The molecule has 1 aromatic carbocycles. The number of alkyl halides is 3. The zero-order chi connectivity index (χ0) is 12.7. The molecule has 1 fully saturated rings. The molecule has 0 bridgehead atoms. The van der Waals surface area contributed by atoms with Gasteiger partial charge in [-0.2, -0.15) is 13.2 Å². The summed E-state index contributed by atoms with van der Waals surface area (Å²) in [6.07, 6.45) is -4.82. The predicted octanol–water partition coefficient (Wildman–Crippen LogP) is 1.72. The number of halogens is 4. The quantitative estimate of drug-likeness (QED) is 0.782. The normalized spacial score (nSPS) is 18.9. The Morgan fingerprint density at radius 3 is 2.41 bits per heavy atom. The summed E-state index contributed by atoms with van der Waals surface area (Å²) in [5.74, 6) is -1.29. The number of aliphatic hydroxyl groups is 1. The molecule has 1 saturated heterocycles. The molecule has 2 rings (SSSR count). The summed E-state index contributed by atoms with van der Waals surface area (Å²) < 4.78 is 50.9. The zero-order valence-corrected chi connectivity index (χ0v) is 8.81. The van der Waals surface area contributed by atoms with Crippen LogP contribution in [-0.2, 0) is 12.6 Å². The van der Waals surface area contributed by atoms with E-state index in [9.17, 15) is 22.7 Å². The van der Waals surface area contributed by atoms with E-state index >= 15 is 0 Å². The van der Waals surface area contributed by atoms with Crippen molar-refractivity contribution in [1.29, 1.82) is 0 Å². The lowest BCUT2D eigenvalue weighted by atomic mass is 9.88. The van der Waals surface area contributed by atoms with Gasteiger partial charge in [0.25, 0.3) is 0 Å². The molecule has 2 N–H and O–H groups in total. The maximum Gasteiger partial charge on any atom is 0.419 e. The van der Waals surface area contributed by atoms with Crippen LogP contribution in [0.4, 0.5) is 17.6 Å². The van der Waals surface area contributed by atoms with Crippen LogP contribution in [0.15, 0.2) is 18.2 Å². The Morgan fingerprint density at radius 2 is 1.94 bits per heavy atom. The third-order valence-corrected chi connectivity index (χ3v) is 2.81. The molecule has 17 heavy (non-hydrogen) atoms. The second-order valence-electron chi connectivity index (χ2n) is 4.28. The van der Waals surface area contributed by atoms with Crippen molar-refractivity contribution in [3.05, 3.63) is 35.1 Å². The standard InChI is InChI=1S/C11H11F4NO/c12-9-7(4-10(17)5-16-6-10)2-1-3-8(9)11(13,14)15/h1-3,16-17H,4-6H2. The number of β-amino-alcohol motifs (C(OH)–C–C–N with tert-alkyl or cyclic N) is 1. The molecule has 1 aliphatic rings. The van der Waals surface area contributed by atoms with Crippen LogP contribution >= 0.6 is 0 Å². The molecule has 6 heteroatoms. The van der Waals surface area contributed by atoms with Crippen LogP contribution in [-0.4, -0.2) is 23.8 Å². The van der Waals surface area contributed by atoms with E-state index in [-0.39, 0.29) is 25.1 Å². The summed E-state index contributed by atoms with van der Waals surface area (Å²) in [6.45, 7) is 0.533. The molecule has 2 nitrogen and oxygen atoms in total. The van der Waals surface area contributed by atoms with E-state index in [4.69, 9.17) is 0 Å². The molecule has 0 unspecified atom stereocenters. The lowest BCUT2D eigenvalue weighted by molar-refractivity contribution is -0.140. The van der Waals surface area contributed by atoms with Crippen molar-refractivity contribution in [1.82, 2.24) is 5.32 Å². The van der Waals surface area contributed by atoms with Crippen LogP contribution < -0.4 is 5.32 Å². The van der Waals surface area contributed by atoms with Crippen molar-refractivity contribution >= 4 is 0 Å². The topological polar surface area (TPSA) is 32.3 Å². The molecule has 0 saturated carbocycles. The Morgan fingerprint density at radius 1 is 1.29 bits per heavy atom. The first kappa shape index (κ1) is 12.3. The molecular formula is C11H11F4NO. The van der Waals surface area contributed by atoms with Gasteiger partial charge in [0.05, 0.1) is 11.2 Å². The average Bonchev–Trinajstić information content (AvgIpc) is 2.17. The number of hydrogen-bond acceptors (Lipinski definition) is 2. The fourth-order valence-corrected chi connectivity index (χ4v) is 1.83. The summed E-state index contributed by atoms with van der Waals surface area (Å²) in [7, 11) is 0. The van der Waals surface area contributed by atoms with E-state index in [0.717, 1.165) is 6.07 Å². The fourth-order valence-electron chi connectivity index (χ4n) is 1.83. The number of nitrogens with one attached hydrogen (secondary N) is 1. The number of rotatable bonds is 2. The van der Waals surface area contributed by atoms with Crippen molar-refractivity contribution in [3.8, 4) is 0 Å². The van der Waals surface area contributed by atoms with E-state index in [2.05, 4.69) is 5.32 Å². The summed E-state index contributed by atoms with van der Waals surface area (Å²) in [6, 6.07) is 3.11. The van der Waals surface area contributed by atoms with Gasteiger partial charge in [-0.1, -0.05) is 12.1 Å². The van der Waals surface area contributed by atoms with Gasteiger partial charge in [0.15, 0.2) is 0 Å². The van der Waals surface area contributed by atoms with Crippen molar-refractivity contribution in [3.63, 3.8) is 0 Å². The van der Waals surface area contributed by atoms with Crippen molar-refractivity contribution in [2.45, 2.75) is 18.2 Å². The Kier molecular flexibility index (Phi) is 2.87. The van der Waals surface area contributed by atoms with Gasteiger partial charge < -0.3 is 10.4 Å². The zero-order valence-electron chi connectivity index (χ0n) is 8.81. The second-order valence-corrected chi connectivity index (χ2v) is 4.28. The minimum Gasteiger partial charge on any atom is -0.387 e. The Balaban J connectivity index is 2.29. The largest absolute Gasteiger partial charge is 0.419 e. The third-order valence-electron chi connectivity index (χ3n) is 2.81. The highest BCUT2D eigenvalue weighted by atomic mass is 19.4. The SMILES string of the molecule is OC1(Cc2cccc(C(F)(F)F)c2F)CNC1. The van der Waals surface area contributed by atoms with Crippen LogP contribution in [0.5, 0.6) is 0 Å². The molecule has 1 aromatic rings. The van der Waals surface area contributed by atoms with Crippen LogP contribution in [0.1, 0.15) is 11.1 Å². The lowest BCUT2D eigenvalue weighted by Crippen LogP contribution is -2.60. The van der Waals surface area contributed by atoms with E-state index in [1.54, 1.807) is 0 Å². The minimum atomic E-state index is -4.71. The summed E-state index contributed by atoms with van der Waals surface area (Å²) in [5, 5.41) is 12.6. The first-order valence-corrected chi connectivity index (χ1v) is 5.09. The predicted molar refractivity (Wildman–Crippen MR) is 52.9 cm³/mol. The monoisotopic (exact) mass is 249 g/mol. The molecule has 0 atom stereocenters. The Labute approximate surface area is 95.3 Å². The Hall–Kier alpha value is -1.14. The highest BCUT2D eigenvalue weighted by Crippen LogP contribution is 2.33. The molecule has 0 aliphatic carbocycles. The Bertz CT molecular complexity index is 426. The molecule has 1 heterocycles.